The van der Waals surface area contributed by atoms with Crippen LogP contribution in [0, 0.1) is 0 Å². The van der Waals surface area contributed by atoms with Crippen molar-refractivity contribution in [3.05, 3.63) is 96.1 Å². The molecule has 0 radical (unpaired) electrons. The van der Waals surface area contributed by atoms with E-state index in [-0.39, 0.29) is 5.04 Å². The Kier molecular flexibility index (Phi) is 11.0. The predicted octanol–water partition coefficient (Wildman–Crippen LogP) is 7.76. The number of benzene rings is 3. The molecule has 0 amide bonds. The highest BCUT2D eigenvalue weighted by molar-refractivity contribution is 6.99. The van der Waals surface area contributed by atoms with E-state index in [9.17, 15) is 0 Å². The van der Waals surface area contributed by atoms with Gasteiger partial charge in [0.1, 0.15) is 0 Å². The molecule has 2 nitrogen and oxygen atoms in total. The fourth-order valence-corrected chi connectivity index (χ4v) is 11.3. The van der Waals surface area contributed by atoms with E-state index in [1.165, 1.54) is 40.4 Å². The van der Waals surface area contributed by atoms with Gasteiger partial charge in [0, 0.05) is 21.3 Å². The van der Waals surface area contributed by atoms with E-state index < -0.39 is 16.4 Å². The fourth-order valence-electron chi connectivity index (χ4n) is 5.20. The van der Waals surface area contributed by atoms with Gasteiger partial charge in [-0.25, -0.2) is 0 Å². The number of hydrogen-bond acceptors (Lipinski definition) is 2. The molecule has 0 N–H and O–H groups in total. The quantitative estimate of drug-likeness (QED) is 0.156. The Balaban J connectivity index is 1.44. The van der Waals surface area contributed by atoms with Gasteiger partial charge in [0.25, 0.3) is 8.32 Å². The summed E-state index contributed by atoms with van der Waals surface area (Å²) in [5.74, 6) is 0. The molecule has 0 saturated heterocycles. The van der Waals surface area contributed by atoms with E-state index in [0.29, 0.717) is 6.61 Å². The van der Waals surface area contributed by atoms with Gasteiger partial charge in [-0.3, -0.25) is 0 Å². The lowest BCUT2D eigenvalue weighted by Gasteiger charge is -2.43. The molecular weight excluding hydrogens is 485 g/mol. The molecule has 3 aromatic carbocycles. The highest BCUT2D eigenvalue weighted by Gasteiger charge is 2.49. The molecule has 0 aliphatic heterocycles. The van der Waals surface area contributed by atoms with Crippen LogP contribution in [0.15, 0.2) is 84.9 Å². The van der Waals surface area contributed by atoms with Crippen LogP contribution in [0.2, 0.25) is 24.7 Å². The van der Waals surface area contributed by atoms with Gasteiger partial charge in [0.05, 0.1) is 6.61 Å². The molecule has 0 atom stereocenters. The summed E-state index contributed by atoms with van der Waals surface area (Å²) in [7, 11) is -3.47. The van der Waals surface area contributed by atoms with E-state index >= 15 is 0 Å². The fraction of sp³-hybridized carbons (Fsp3) is 0.455. The molecule has 200 valence electrons. The molecule has 0 aliphatic carbocycles. The largest absolute Gasteiger partial charge is 0.407 e. The molecule has 0 saturated carbocycles. The first kappa shape index (κ1) is 29.6. The highest BCUT2D eigenvalue weighted by atomic mass is 28.4. The van der Waals surface area contributed by atoms with E-state index in [0.717, 1.165) is 26.1 Å². The number of rotatable bonds is 14. The van der Waals surface area contributed by atoms with Gasteiger partial charge in [-0.1, -0.05) is 144 Å². The van der Waals surface area contributed by atoms with Crippen molar-refractivity contribution < 1.29 is 9.16 Å². The standard InChI is InChI=1S/C33H48O2Si2/c1-33(2,3)37(31-17-11-9-12-18-31,32-19-13-10-14-20-32)35-26-16-8-7-15-25-34-27-29-21-23-30(24-22-29)28-36(4,5)6/h9-14,17-24H,7-8,15-16,25-28H2,1-6H3. The zero-order valence-electron chi connectivity index (χ0n) is 24.1. The normalized spacial score (nSPS) is 12.6. The zero-order chi connectivity index (χ0) is 26.8. The number of ether oxygens (including phenoxy) is 1. The van der Waals surface area contributed by atoms with E-state index in [1.54, 1.807) is 0 Å². The van der Waals surface area contributed by atoms with Crippen LogP contribution >= 0.6 is 0 Å². The minimum Gasteiger partial charge on any atom is -0.407 e. The monoisotopic (exact) mass is 532 g/mol. The third kappa shape index (κ3) is 8.78. The lowest BCUT2D eigenvalue weighted by molar-refractivity contribution is 0.116. The molecule has 0 aromatic heterocycles. The van der Waals surface area contributed by atoms with Crippen molar-refractivity contribution in [3.8, 4) is 0 Å². The molecule has 3 rings (SSSR count). The molecule has 0 bridgehead atoms. The molecule has 4 heteroatoms. The first-order chi connectivity index (χ1) is 17.6. The number of hydrogen-bond donors (Lipinski definition) is 0. The third-order valence-corrected chi connectivity index (χ3v) is 13.5. The highest BCUT2D eigenvalue weighted by Crippen LogP contribution is 2.36. The van der Waals surface area contributed by atoms with Crippen molar-refractivity contribution in [2.24, 2.45) is 0 Å². The minimum atomic E-state index is -2.41. The molecule has 0 fully saturated rings. The maximum Gasteiger partial charge on any atom is 0.261 e. The summed E-state index contributed by atoms with van der Waals surface area (Å²) in [5, 5.41) is 2.75. The Morgan fingerprint density at radius 2 is 1.08 bits per heavy atom. The summed E-state index contributed by atoms with van der Waals surface area (Å²) >= 11 is 0. The van der Waals surface area contributed by atoms with Gasteiger partial charge in [-0.05, 0) is 39.9 Å². The van der Waals surface area contributed by atoms with Gasteiger partial charge in [0.15, 0.2) is 0 Å². The average molecular weight is 533 g/mol. The Bertz CT molecular complexity index is 996. The first-order valence-corrected chi connectivity index (χ1v) is 19.6. The predicted molar refractivity (Wildman–Crippen MR) is 165 cm³/mol. The van der Waals surface area contributed by atoms with Crippen LogP contribution in [0.4, 0.5) is 0 Å². The van der Waals surface area contributed by atoms with Crippen LogP contribution < -0.4 is 10.4 Å². The van der Waals surface area contributed by atoms with Crippen LogP contribution in [0.25, 0.3) is 0 Å². The maximum atomic E-state index is 7.00. The Morgan fingerprint density at radius 1 is 0.595 bits per heavy atom. The summed E-state index contributed by atoms with van der Waals surface area (Å²) in [6.45, 7) is 16.6. The lowest BCUT2D eigenvalue weighted by Crippen LogP contribution is -2.66. The van der Waals surface area contributed by atoms with Gasteiger partial charge in [0.2, 0.25) is 0 Å². The summed E-state index contributed by atoms with van der Waals surface area (Å²) in [5.41, 5.74) is 2.74. The Labute approximate surface area is 228 Å². The van der Waals surface area contributed by atoms with Crippen molar-refractivity contribution in [1.82, 2.24) is 0 Å². The van der Waals surface area contributed by atoms with E-state index in [4.69, 9.17) is 9.16 Å². The van der Waals surface area contributed by atoms with Crippen molar-refractivity contribution in [1.29, 1.82) is 0 Å². The van der Waals surface area contributed by atoms with Gasteiger partial charge >= 0.3 is 0 Å². The number of unbranched alkanes of at least 4 members (excludes halogenated alkanes) is 3. The Hall–Kier alpha value is -1.99. The second-order valence-electron chi connectivity index (χ2n) is 12.5. The van der Waals surface area contributed by atoms with Gasteiger partial charge in [-0.2, -0.15) is 0 Å². The molecular formula is C33H48O2Si2. The topological polar surface area (TPSA) is 18.5 Å². The van der Waals surface area contributed by atoms with Gasteiger partial charge in [-0.15, -0.1) is 0 Å². The maximum absolute atomic E-state index is 7.00. The molecule has 3 aromatic rings. The van der Waals surface area contributed by atoms with Crippen LogP contribution in [0.1, 0.15) is 57.6 Å². The summed E-state index contributed by atoms with van der Waals surface area (Å²) < 4.78 is 13.0. The first-order valence-electron chi connectivity index (χ1n) is 14.0. The van der Waals surface area contributed by atoms with Crippen LogP contribution in [0.3, 0.4) is 0 Å². The average Bonchev–Trinajstić information content (AvgIpc) is 2.86. The van der Waals surface area contributed by atoms with Gasteiger partial charge < -0.3 is 9.16 Å². The van der Waals surface area contributed by atoms with Crippen molar-refractivity contribution in [2.75, 3.05) is 13.2 Å². The second-order valence-corrected chi connectivity index (χ2v) is 22.3. The van der Waals surface area contributed by atoms with E-state index in [1.807, 2.05) is 0 Å². The SMILES string of the molecule is CC(C)(C)[Si](OCCCCCCOCc1ccc(C[Si](C)(C)C)cc1)(c1ccccc1)c1ccccc1. The molecule has 0 spiro atoms. The van der Waals surface area contributed by atoms with Crippen molar-refractivity contribution in [2.45, 2.75) is 83.8 Å². The second kappa shape index (κ2) is 13.7. The summed E-state index contributed by atoms with van der Waals surface area (Å²) in [6, 6.07) is 32.1. The summed E-state index contributed by atoms with van der Waals surface area (Å²) in [6.07, 6.45) is 4.54. The van der Waals surface area contributed by atoms with Crippen molar-refractivity contribution in [3.63, 3.8) is 0 Å². The smallest absolute Gasteiger partial charge is 0.261 e. The molecule has 0 heterocycles. The van der Waals surface area contributed by atoms with Crippen LogP contribution in [-0.2, 0) is 21.8 Å². The molecule has 0 unspecified atom stereocenters. The lowest BCUT2D eigenvalue weighted by atomic mass is 10.2. The molecule has 37 heavy (non-hydrogen) atoms. The van der Waals surface area contributed by atoms with E-state index in [2.05, 4.69) is 125 Å². The summed E-state index contributed by atoms with van der Waals surface area (Å²) in [4.78, 5) is 0. The zero-order valence-corrected chi connectivity index (χ0v) is 26.1. The van der Waals surface area contributed by atoms with Crippen LogP contribution in [-0.4, -0.2) is 29.6 Å². The Morgan fingerprint density at radius 3 is 1.57 bits per heavy atom. The van der Waals surface area contributed by atoms with Crippen molar-refractivity contribution >= 4 is 26.8 Å². The van der Waals surface area contributed by atoms with Crippen LogP contribution in [0.5, 0.6) is 0 Å². The minimum absolute atomic E-state index is 0.0381. The molecule has 0 aliphatic rings. The third-order valence-electron chi connectivity index (χ3n) is 6.94.